The Balaban J connectivity index is -0.0000000457. The van der Waals surface area contributed by atoms with Gasteiger partial charge in [-0.05, 0) is 0 Å². The summed E-state index contributed by atoms with van der Waals surface area (Å²) in [6.45, 7) is 0. The molecule has 0 spiro atoms. The zero-order valence-electron chi connectivity index (χ0n) is 4.39. The molecule has 0 aromatic rings. The zero-order chi connectivity index (χ0) is 9.00. The Morgan fingerprint density at radius 2 is 0.667 bits per heavy atom. The van der Waals surface area contributed by atoms with Gasteiger partial charge in [-0.1, -0.05) is 0 Å². The predicted octanol–water partition coefficient (Wildman–Crippen LogP) is -3.15. The van der Waals surface area contributed by atoms with Crippen LogP contribution in [0.1, 0.15) is 0 Å². The quantitative estimate of drug-likeness (QED) is 0.197. The molecule has 12 heteroatoms. The molecule has 0 fully saturated rings. The molecule has 6 N–H and O–H groups in total. The van der Waals surface area contributed by atoms with Crippen molar-refractivity contribution in [3.63, 3.8) is 0 Å². The molecule has 0 radical (unpaired) electrons. The maximum absolute atomic E-state index is 8.88. The first-order chi connectivity index (χ1) is 4.00. The van der Waals surface area contributed by atoms with E-state index in [0.29, 0.717) is 0 Å². The SMILES string of the molecule is O=P(O)(O)O.O=P(O)(O)O.[KH].[NaH]. The Bertz CT molecular complexity index is 129. The van der Waals surface area contributed by atoms with Gasteiger partial charge < -0.3 is 29.4 Å². The summed E-state index contributed by atoms with van der Waals surface area (Å²) >= 11 is 0. The third-order valence-electron chi connectivity index (χ3n) is 0. The summed E-state index contributed by atoms with van der Waals surface area (Å²) in [6, 6.07) is 0. The van der Waals surface area contributed by atoms with Crippen molar-refractivity contribution < 1.29 is 38.5 Å². The van der Waals surface area contributed by atoms with Crippen LogP contribution in [0.25, 0.3) is 0 Å². The third-order valence-corrected chi connectivity index (χ3v) is 0. The van der Waals surface area contributed by atoms with Gasteiger partial charge in [0.2, 0.25) is 0 Å². The van der Waals surface area contributed by atoms with Crippen LogP contribution in [0.15, 0.2) is 0 Å². The number of hydrogen-bond acceptors (Lipinski definition) is 2. The fourth-order valence-corrected chi connectivity index (χ4v) is 0. The third kappa shape index (κ3) is 222. The molecule has 0 atom stereocenters. The van der Waals surface area contributed by atoms with Gasteiger partial charge >= 0.3 is 96.6 Å². The maximum atomic E-state index is 8.88. The van der Waals surface area contributed by atoms with E-state index in [-0.39, 0.29) is 80.9 Å². The van der Waals surface area contributed by atoms with Crippen LogP contribution < -0.4 is 0 Å². The Kier molecular flexibility index (Phi) is 20.9. The van der Waals surface area contributed by atoms with Crippen molar-refractivity contribution in [3.8, 4) is 0 Å². The molecule has 0 amide bonds. The van der Waals surface area contributed by atoms with E-state index in [2.05, 4.69) is 0 Å². The molecular formula is H8KNaO8P2. The fraction of sp³-hybridized carbons (Fsp3) is 0. The summed E-state index contributed by atoms with van der Waals surface area (Å²) in [7, 11) is -9.28. The zero-order valence-corrected chi connectivity index (χ0v) is 6.18. The number of hydrogen-bond donors (Lipinski definition) is 6. The molecule has 8 nitrogen and oxygen atoms in total. The van der Waals surface area contributed by atoms with Crippen molar-refractivity contribution >= 4 is 96.6 Å². The van der Waals surface area contributed by atoms with E-state index in [4.69, 9.17) is 38.5 Å². The van der Waals surface area contributed by atoms with Crippen LogP contribution in [0.5, 0.6) is 0 Å². The molecule has 0 aromatic heterocycles. The summed E-state index contributed by atoms with van der Waals surface area (Å²) in [5.41, 5.74) is 0. The van der Waals surface area contributed by atoms with Crippen LogP contribution in [-0.4, -0.2) is 110 Å². The predicted molar refractivity (Wildman–Crippen MR) is 42.8 cm³/mol. The van der Waals surface area contributed by atoms with Gasteiger partial charge in [-0.3, -0.25) is 0 Å². The van der Waals surface area contributed by atoms with Gasteiger partial charge in [0, 0.05) is 0 Å². The molecular weight excluding hydrogens is 252 g/mol. The number of phosphoric acid groups is 2. The van der Waals surface area contributed by atoms with E-state index in [1.165, 1.54) is 0 Å². The first-order valence-electron chi connectivity index (χ1n) is 1.57. The van der Waals surface area contributed by atoms with Crippen LogP contribution in [0.4, 0.5) is 0 Å². The van der Waals surface area contributed by atoms with Crippen LogP contribution in [0, 0.1) is 0 Å². The normalized spacial score (nSPS) is 9.83. The minimum atomic E-state index is -4.64. The molecule has 0 aromatic carbocycles. The van der Waals surface area contributed by atoms with Gasteiger partial charge in [0.25, 0.3) is 0 Å². The molecule has 68 valence electrons. The van der Waals surface area contributed by atoms with Gasteiger partial charge in [-0.15, -0.1) is 0 Å². The van der Waals surface area contributed by atoms with Gasteiger partial charge in [0.15, 0.2) is 0 Å². The van der Waals surface area contributed by atoms with E-state index in [1.54, 1.807) is 0 Å². The summed E-state index contributed by atoms with van der Waals surface area (Å²) in [4.78, 5) is 43.1. The van der Waals surface area contributed by atoms with Crippen molar-refractivity contribution in [2.75, 3.05) is 0 Å². The Labute approximate surface area is 133 Å². The average Bonchev–Trinajstić information content (AvgIpc) is 1.12. The second kappa shape index (κ2) is 10.4. The van der Waals surface area contributed by atoms with Crippen molar-refractivity contribution in [3.05, 3.63) is 0 Å². The van der Waals surface area contributed by atoms with E-state index in [9.17, 15) is 0 Å². The van der Waals surface area contributed by atoms with E-state index < -0.39 is 15.6 Å². The second-order valence-corrected chi connectivity index (χ2v) is 3.08. The van der Waals surface area contributed by atoms with Crippen LogP contribution in [0.3, 0.4) is 0 Å². The topological polar surface area (TPSA) is 156 Å². The van der Waals surface area contributed by atoms with Gasteiger partial charge in [0.1, 0.15) is 0 Å². The van der Waals surface area contributed by atoms with Gasteiger partial charge in [0.05, 0.1) is 0 Å². The molecule has 12 heavy (non-hydrogen) atoms. The first-order valence-corrected chi connectivity index (χ1v) is 4.70. The van der Waals surface area contributed by atoms with Crippen molar-refractivity contribution in [2.45, 2.75) is 0 Å². The molecule has 0 bridgehead atoms. The van der Waals surface area contributed by atoms with Crippen molar-refractivity contribution in [1.82, 2.24) is 0 Å². The van der Waals surface area contributed by atoms with Crippen molar-refractivity contribution in [2.24, 2.45) is 0 Å². The van der Waals surface area contributed by atoms with Crippen LogP contribution in [-0.2, 0) is 9.13 Å². The molecule has 0 aliphatic carbocycles. The molecule has 0 unspecified atom stereocenters. The van der Waals surface area contributed by atoms with Gasteiger partial charge in [-0.25, -0.2) is 9.13 Å². The summed E-state index contributed by atoms with van der Waals surface area (Å²) in [5, 5.41) is 0. The molecule has 0 heterocycles. The Hall–Kier alpha value is 2.86. The summed E-state index contributed by atoms with van der Waals surface area (Å²) < 4.78 is 17.8. The average molecular weight is 260 g/mol. The Morgan fingerprint density at radius 3 is 0.667 bits per heavy atom. The van der Waals surface area contributed by atoms with Crippen LogP contribution >= 0.6 is 15.6 Å². The molecule has 0 saturated heterocycles. The Morgan fingerprint density at radius 1 is 0.667 bits per heavy atom. The summed E-state index contributed by atoms with van der Waals surface area (Å²) in [6.07, 6.45) is 0. The minimum absolute atomic E-state index is 0. The van der Waals surface area contributed by atoms with Crippen LogP contribution in [0.2, 0.25) is 0 Å². The standard InChI is InChI=1S/K.Na.2H3O4P.2H/c;;2*1-5(2,3)4;;/h;;2*(H3,1,2,3,4);;. The fourth-order valence-electron chi connectivity index (χ4n) is 0. The van der Waals surface area contributed by atoms with E-state index in [0.717, 1.165) is 0 Å². The van der Waals surface area contributed by atoms with Crippen molar-refractivity contribution in [1.29, 1.82) is 0 Å². The molecule has 0 rings (SSSR count). The molecule has 0 saturated carbocycles. The van der Waals surface area contributed by atoms with E-state index >= 15 is 0 Å². The van der Waals surface area contributed by atoms with E-state index in [1.807, 2.05) is 0 Å². The second-order valence-electron chi connectivity index (χ2n) is 1.03. The summed E-state index contributed by atoms with van der Waals surface area (Å²) in [5.74, 6) is 0. The molecule has 0 aliphatic heterocycles. The molecule has 0 aliphatic rings. The number of rotatable bonds is 0. The monoisotopic (exact) mass is 260 g/mol. The first kappa shape index (κ1) is 24.2. The van der Waals surface area contributed by atoms with Gasteiger partial charge in [-0.2, -0.15) is 0 Å².